The number of ether oxygens (including phenoxy) is 3. The first-order chi connectivity index (χ1) is 17.3. The predicted molar refractivity (Wildman–Crippen MR) is 139 cm³/mol. The lowest BCUT2D eigenvalue weighted by molar-refractivity contribution is -0.0268. The third-order valence-corrected chi connectivity index (χ3v) is 5.48. The van der Waals surface area contributed by atoms with Crippen LogP contribution in [-0.4, -0.2) is 38.1 Å². The molecular formula is C30H34N2O4. The molecule has 0 spiro atoms. The molecule has 1 atom stereocenters. The Balaban J connectivity index is 1.68. The maximum Gasteiger partial charge on any atom is 0.407 e. The summed E-state index contributed by atoms with van der Waals surface area (Å²) in [5.41, 5.74) is 1.62. The Hall–Kier alpha value is -3.66. The van der Waals surface area contributed by atoms with Crippen LogP contribution in [0.25, 0.3) is 0 Å². The number of benzene rings is 3. The van der Waals surface area contributed by atoms with E-state index in [1.807, 2.05) is 54.6 Å². The molecule has 3 aromatic carbocycles. The van der Waals surface area contributed by atoms with Crippen LogP contribution in [0.5, 0.6) is 0 Å². The van der Waals surface area contributed by atoms with Crippen LogP contribution in [0.15, 0.2) is 91.0 Å². The van der Waals surface area contributed by atoms with Gasteiger partial charge in [0.05, 0.1) is 31.8 Å². The number of carbonyl (C=O) groups excluding carboxylic acids is 1. The van der Waals surface area contributed by atoms with Crippen molar-refractivity contribution in [1.29, 1.82) is 5.26 Å². The largest absolute Gasteiger partial charge is 0.444 e. The summed E-state index contributed by atoms with van der Waals surface area (Å²) < 4.78 is 17.7. The fraction of sp³-hybridized carbons (Fsp3) is 0.333. The third kappa shape index (κ3) is 7.42. The van der Waals surface area contributed by atoms with Gasteiger partial charge < -0.3 is 19.5 Å². The minimum absolute atomic E-state index is 0.147. The van der Waals surface area contributed by atoms with Crippen molar-refractivity contribution in [3.63, 3.8) is 0 Å². The van der Waals surface area contributed by atoms with Crippen molar-refractivity contribution < 1.29 is 19.0 Å². The molecule has 0 radical (unpaired) electrons. The molecule has 188 valence electrons. The van der Waals surface area contributed by atoms with Crippen molar-refractivity contribution in [3.8, 4) is 6.07 Å². The van der Waals surface area contributed by atoms with Crippen LogP contribution < -0.4 is 5.32 Å². The van der Waals surface area contributed by atoms with E-state index in [9.17, 15) is 10.1 Å². The molecule has 1 N–H and O–H groups in total. The lowest BCUT2D eigenvalue weighted by atomic mass is 9.80. The number of alkyl carbamates (subject to hydrolysis) is 1. The molecule has 0 aliphatic heterocycles. The van der Waals surface area contributed by atoms with Crippen molar-refractivity contribution in [1.82, 2.24) is 5.32 Å². The van der Waals surface area contributed by atoms with Crippen LogP contribution in [0, 0.1) is 17.2 Å². The third-order valence-electron chi connectivity index (χ3n) is 5.48. The highest BCUT2D eigenvalue weighted by molar-refractivity contribution is 5.67. The molecule has 0 aromatic heterocycles. The van der Waals surface area contributed by atoms with Gasteiger partial charge in [-0.05, 0) is 37.5 Å². The number of nitrogens with zero attached hydrogens (tertiary/aromatic N) is 1. The van der Waals surface area contributed by atoms with Crippen molar-refractivity contribution >= 4 is 6.09 Å². The fourth-order valence-corrected chi connectivity index (χ4v) is 3.91. The quantitative estimate of drug-likeness (QED) is 0.279. The van der Waals surface area contributed by atoms with Gasteiger partial charge in [0.15, 0.2) is 0 Å². The summed E-state index contributed by atoms with van der Waals surface area (Å²) in [5.74, 6) is -0.500. The number of nitrogens with one attached hydrogen (secondary N) is 1. The van der Waals surface area contributed by atoms with Crippen molar-refractivity contribution in [2.45, 2.75) is 32.0 Å². The Kier molecular flexibility index (Phi) is 9.63. The average molecular weight is 487 g/mol. The van der Waals surface area contributed by atoms with E-state index in [1.54, 1.807) is 20.8 Å². The van der Waals surface area contributed by atoms with E-state index in [0.717, 1.165) is 16.7 Å². The molecule has 0 aliphatic carbocycles. The van der Waals surface area contributed by atoms with Crippen LogP contribution in [0.1, 0.15) is 37.5 Å². The van der Waals surface area contributed by atoms with E-state index >= 15 is 0 Å². The predicted octanol–water partition coefficient (Wildman–Crippen LogP) is 5.68. The molecule has 1 amide bonds. The first-order valence-electron chi connectivity index (χ1n) is 12.1. The highest BCUT2D eigenvalue weighted by Gasteiger charge is 2.37. The van der Waals surface area contributed by atoms with Gasteiger partial charge in [-0.25, -0.2) is 4.79 Å². The summed E-state index contributed by atoms with van der Waals surface area (Å²) in [6, 6.07) is 32.5. The van der Waals surface area contributed by atoms with Crippen LogP contribution in [0.4, 0.5) is 4.79 Å². The summed E-state index contributed by atoms with van der Waals surface area (Å²) in [7, 11) is 0. The Morgan fingerprint density at radius 1 is 0.833 bits per heavy atom. The van der Waals surface area contributed by atoms with Crippen LogP contribution >= 0.6 is 0 Å². The van der Waals surface area contributed by atoms with Gasteiger partial charge in [0, 0.05) is 6.54 Å². The monoisotopic (exact) mass is 486 g/mol. The van der Waals surface area contributed by atoms with Gasteiger partial charge in [0.2, 0.25) is 0 Å². The summed E-state index contributed by atoms with van der Waals surface area (Å²) in [6.45, 7) is 6.28. The number of rotatable bonds is 11. The molecule has 6 nitrogen and oxygen atoms in total. The Morgan fingerprint density at radius 3 is 1.72 bits per heavy atom. The molecule has 0 bridgehead atoms. The second-order valence-corrected chi connectivity index (χ2v) is 9.41. The Bertz CT molecular complexity index is 1010. The highest BCUT2D eigenvalue weighted by Crippen LogP contribution is 2.40. The van der Waals surface area contributed by atoms with Gasteiger partial charge >= 0.3 is 6.09 Å². The Morgan fingerprint density at radius 2 is 1.31 bits per heavy atom. The van der Waals surface area contributed by atoms with E-state index in [4.69, 9.17) is 14.2 Å². The number of hydrogen-bond acceptors (Lipinski definition) is 5. The van der Waals surface area contributed by atoms with Crippen LogP contribution in [-0.2, 0) is 19.8 Å². The van der Waals surface area contributed by atoms with E-state index in [1.165, 1.54) is 0 Å². The summed E-state index contributed by atoms with van der Waals surface area (Å²) >= 11 is 0. The lowest BCUT2D eigenvalue weighted by Crippen LogP contribution is -2.36. The Labute approximate surface area is 213 Å². The number of amides is 1. The summed E-state index contributed by atoms with van der Waals surface area (Å²) in [6.07, 6.45) is -0.551. The van der Waals surface area contributed by atoms with Gasteiger partial charge in [0.1, 0.15) is 11.2 Å². The maximum atomic E-state index is 11.9. The molecule has 36 heavy (non-hydrogen) atoms. The fourth-order valence-electron chi connectivity index (χ4n) is 3.91. The average Bonchev–Trinajstić information content (AvgIpc) is 2.88. The highest BCUT2D eigenvalue weighted by atomic mass is 16.6. The minimum Gasteiger partial charge on any atom is -0.444 e. The molecule has 6 heteroatoms. The topological polar surface area (TPSA) is 80.6 Å². The van der Waals surface area contributed by atoms with Gasteiger partial charge in [-0.2, -0.15) is 5.26 Å². The van der Waals surface area contributed by atoms with Crippen molar-refractivity contribution in [3.05, 3.63) is 108 Å². The minimum atomic E-state index is -0.819. The van der Waals surface area contributed by atoms with E-state index in [0.29, 0.717) is 13.2 Å². The SMILES string of the molecule is CC(C)(C)OC(=O)NC[C@H](C#N)COCCOC(c1ccccc1)(c1ccccc1)c1ccccc1. The maximum absolute atomic E-state index is 11.9. The van der Waals surface area contributed by atoms with Gasteiger partial charge in [-0.1, -0.05) is 91.0 Å². The first kappa shape index (κ1) is 26.9. The molecule has 0 saturated heterocycles. The number of nitriles is 1. The summed E-state index contributed by atoms with van der Waals surface area (Å²) in [4.78, 5) is 11.9. The number of hydrogen-bond donors (Lipinski definition) is 1. The molecule has 0 heterocycles. The zero-order chi connectivity index (χ0) is 25.9. The molecule has 0 fully saturated rings. The molecule has 3 aromatic rings. The number of carbonyl (C=O) groups is 1. The smallest absolute Gasteiger partial charge is 0.407 e. The van der Waals surface area contributed by atoms with E-state index in [2.05, 4.69) is 47.8 Å². The zero-order valence-electron chi connectivity index (χ0n) is 21.1. The van der Waals surface area contributed by atoms with Gasteiger partial charge in [-0.3, -0.25) is 0 Å². The zero-order valence-corrected chi connectivity index (χ0v) is 21.1. The lowest BCUT2D eigenvalue weighted by Gasteiger charge is -2.36. The van der Waals surface area contributed by atoms with E-state index in [-0.39, 0.29) is 13.2 Å². The molecular weight excluding hydrogens is 452 g/mol. The molecule has 0 aliphatic rings. The molecule has 0 saturated carbocycles. The van der Waals surface area contributed by atoms with Crippen molar-refractivity contribution in [2.24, 2.45) is 5.92 Å². The first-order valence-corrected chi connectivity index (χ1v) is 12.1. The normalized spacial score (nSPS) is 12.4. The van der Waals surface area contributed by atoms with Gasteiger partial charge in [0.25, 0.3) is 0 Å². The second kappa shape index (κ2) is 12.9. The van der Waals surface area contributed by atoms with E-state index < -0.39 is 23.2 Å². The van der Waals surface area contributed by atoms with Crippen molar-refractivity contribution in [2.75, 3.05) is 26.4 Å². The van der Waals surface area contributed by atoms with Crippen LogP contribution in [0.2, 0.25) is 0 Å². The standard InChI is InChI=1S/C30H34N2O4/c1-29(2,3)36-28(33)32-22-24(21-31)23-34-19-20-35-30(25-13-7-4-8-14-25,26-15-9-5-10-16-26)27-17-11-6-12-18-27/h4-18,24H,19-20,22-23H2,1-3H3,(H,32,33)/t24-/m0/s1. The van der Waals surface area contributed by atoms with Crippen LogP contribution in [0.3, 0.4) is 0 Å². The molecule has 3 rings (SSSR count). The summed E-state index contributed by atoms with van der Waals surface area (Å²) in [5, 5.41) is 12.1. The van der Waals surface area contributed by atoms with Gasteiger partial charge in [-0.15, -0.1) is 0 Å². The second-order valence-electron chi connectivity index (χ2n) is 9.41. The molecule has 0 unspecified atom stereocenters.